The van der Waals surface area contributed by atoms with Gasteiger partial charge in [-0.25, -0.2) is 0 Å². The summed E-state index contributed by atoms with van der Waals surface area (Å²) in [7, 11) is 0. The van der Waals surface area contributed by atoms with Gasteiger partial charge in [0.25, 0.3) is 0 Å². The van der Waals surface area contributed by atoms with Crippen molar-refractivity contribution in [2.24, 2.45) is 0 Å². The normalized spacial score (nSPS) is 9.03. The number of rotatable bonds is 19. The minimum atomic E-state index is 0. The van der Waals surface area contributed by atoms with Gasteiger partial charge in [-0.05, 0) is 51.4 Å². The van der Waals surface area contributed by atoms with Crippen molar-refractivity contribution < 1.29 is 5.11 Å². The summed E-state index contributed by atoms with van der Waals surface area (Å²) in [5.41, 5.74) is 0. The van der Waals surface area contributed by atoms with E-state index in [4.69, 9.17) is 5.11 Å². The maximum Gasteiger partial charge on any atom is 0.0431 e. The Labute approximate surface area is 233 Å². The van der Waals surface area contributed by atoms with Crippen LogP contribution in [-0.4, -0.2) is 11.7 Å². The molecule has 0 saturated heterocycles. The van der Waals surface area contributed by atoms with Crippen LogP contribution in [0.25, 0.3) is 0 Å². The van der Waals surface area contributed by atoms with Crippen LogP contribution in [0.3, 0.4) is 0 Å². The molecule has 0 aromatic rings. The summed E-state index contributed by atoms with van der Waals surface area (Å²) in [4.78, 5) is 0. The lowest BCUT2D eigenvalue weighted by atomic mass is 10.1. The molecule has 0 spiro atoms. The molecule has 0 aliphatic carbocycles. The number of allylic oxidation sites excluding steroid dienone is 7. The number of hydrogen-bond donors (Lipinski definition) is 1. The van der Waals surface area contributed by atoms with Gasteiger partial charge in [0.2, 0.25) is 0 Å². The van der Waals surface area contributed by atoms with Crippen LogP contribution in [0, 0.1) is 0 Å². The third-order valence-electron chi connectivity index (χ3n) is 4.74. The van der Waals surface area contributed by atoms with Crippen LogP contribution in [0.15, 0.2) is 62.3 Å². The fourth-order valence-electron chi connectivity index (χ4n) is 2.71. The molecule has 0 rings (SSSR count). The lowest BCUT2D eigenvalue weighted by molar-refractivity contribution is 0.282. The molecule has 0 atom stereocenters. The zero-order chi connectivity index (χ0) is 25.7. The second-order valence-corrected chi connectivity index (χ2v) is 8.14. The van der Waals surface area contributed by atoms with Gasteiger partial charge in [0.05, 0.1) is 0 Å². The zero-order valence-electron chi connectivity index (χ0n) is 23.3. The van der Waals surface area contributed by atoms with Crippen LogP contribution >= 0.6 is 0 Å². The van der Waals surface area contributed by atoms with E-state index in [9.17, 15) is 0 Å². The van der Waals surface area contributed by atoms with E-state index in [0.29, 0.717) is 6.61 Å². The molecule has 0 unspecified atom stereocenters. The van der Waals surface area contributed by atoms with E-state index >= 15 is 0 Å². The third-order valence-corrected chi connectivity index (χ3v) is 4.74. The molecule has 0 radical (unpaired) electrons. The number of unbranched alkanes of at least 4 members (excludes halogenated alkanes) is 12. The molecule has 0 aromatic heterocycles. The smallest absolute Gasteiger partial charge is 0.0431 e. The molecule has 0 fully saturated rings. The van der Waals surface area contributed by atoms with Crippen LogP contribution in [0.1, 0.15) is 159 Å². The van der Waals surface area contributed by atoms with Crippen LogP contribution in [0.4, 0.5) is 0 Å². The van der Waals surface area contributed by atoms with E-state index in [1.54, 1.807) is 12.2 Å². The van der Waals surface area contributed by atoms with E-state index in [2.05, 4.69) is 71.7 Å². The van der Waals surface area contributed by atoms with Gasteiger partial charge in [-0.2, -0.15) is 0 Å². The van der Waals surface area contributed by atoms with Gasteiger partial charge in [0.1, 0.15) is 0 Å². The quantitative estimate of drug-likeness (QED) is 0.104. The highest BCUT2D eigenvalue weighted by Crippen LogP contribution is 2.07. The molecule has 1 nitrogen and oxygen atoms in total. The first-order valence-electron chi connectivity index (χ1n) is 13.9. The summed E-state index contributed by atoms with van der Waals surface area (Å²) < 4.78 is 0. The van der Waals surface area contributed by atoms with E-state index in [-0.39, 0.29) is 22.3 Å². The summed E-state index contributed by atoms with van der Waals surface area (Å²) >= 11 is 0. The first-order valence-corrected chi connectivity index (χ1v) is 13.9. The molecule has 0 aliphatic rings. The first-order chi connectivity index (χ1) is 16.2. The predicted octanol–water partition coefficient (Wildman–Crippen LogP) is 13.2. The summed E-state index contributed by atoms with van der Waals surface area (Å²) in [5.74, 6) is 0. The predicted molar refractivity (Wildman–Crippen MR) is 177 cm³/mol. The molecule has 0 bridgehead atoms. The highest BCUT2D eigenvalue weighted by molar-refractivity contribution is 4.88. The van der Waals surface area contributed by atoms with Crippen molar-refractivity contribution in [3.8, 4) is 0 Å². The van der Waals surface area contributed by atoms with E-state index in [1.807, 2.05) is 6.08 Å². The number of hydrogen-bond acceptors (Lipinski definition) is 1. The lowest BCUT2D eigenvalue weighted by Crippen LogP contribution is -1.83. The van der Waals surface area contributed by atoms with Crippen LogP contribution < -0.4 is 0 Å². The zero-order valence-corrected chi connectivity index (χ0v) is 23.3. The maximum atomic E-state index is 8.51. The molecular formula is C35H74O. The molecule has 0 aliphatic heterocycles. The van der Waals surface area contributed by atoms with Gasteiger partial charge in [0, 0.05) is 6.61 Å². The molecular weight excluding hydrogens is 436 g/mol. The minimum Gasteiger partial charge on any atom is -0.396 e. The summed E-state index contributed by atoms with van der Waals surface area (Å²) in [6.07, 6.45) is 35.9. The Morgan fingerprint density at radius 3 is 1.22 bits per heavy atom. The van der Waals surface area contributed by atoms with Crippen molar-refractivity contribution in [2.75, 3.05) is 6.61 Å². The van der Waals surface area contributed by atoms with Crippen molar-refractivity contribution in [3.05, 3.63) is 62.3 Å². The average molecular weight is 511 g/mol. The van der Waals surface area contributed by atoms with Crippen LogP contribution in [0.2, 0.25) is 0 Å². The SMILES string of the molecule is C.C.C.C=CC=C.C=CCCC/C=C/CC.CC/C=C/CCCCC.CCCCCCCCCCO. The maximum absolute atomic E-state index is 8.51. The van der Waals surface area contributed by atoms with Gasteiger partial charge >= 0.3 is 0 Å². The molecule has 220 valence electrons. The standard InChI is InChI=1S/C10H22O.C9H18.C9H16.C4H6.3CH4/c1-2-3-4-5-6-7-8-9-10-11;2*1-3-5-7-9-8-6-4-2;1-3-4-2;;;/h11H,2-10H2,1H3;5,7H,3-4,6,8-9H2,1-2H3;3,6,8H,1,4-5,7,9H2,2H3;3-4H,1-2H2;3*1H4/b;7-5+;8-6+;;;;. The molecule has 1 N–H and O–H groups in total. The van der Waals surface area contributed by atoms with Gasteiger partial charge < -0.3 is 5.11 Å². The first kappa shape index (κ1) is 51.3. The molecule has 1 heteroatoms. The Morgan fingerprint density at radius 1 is 0.472 bits per heavy atom. The van der Waals surface area contributed by atoms with E-state index < -0.39 is 0 Å². The summed E-state index contributed by atoms with van der Waals surface area (Å²) in [6, 6.07) is 0. The van der Waals surface area contributed by atoms with Gasteiger partial charge in [0.15, 0.2) is 0 Å². The van der Waals surface area contributed by atoms with Gasteiger partial charge in [-0.15, -0.1) is 6.58 Å². The van der Waals surface area contributed by atoms with Crippen LogP contribution in [-0.2, 0) is 0 Å². The van der Waals surface area contributed by atoms with Crippen molar-refractivity contribution in [1.29, 1.82) is 0 Å². The molecule has 0 amide bonds. The van der Waals surface area contributed by atoms with Crippen molar-refractivity contribution in [3.63, 3.8) is 0 Å². The molecule has 36 heavy (non-hydrogen) atoms. The number of aliphatic hydroxyl groups excluding tert-OH is 1. The third kappa shape index (κ3) is 84.7. The van der Waals surface area contributed by atoms with E-state index in [0.717, 1.165) is 19.3 Å². The van der Waals surface area contributed by atoms with Crippen molar-refractivity contribution in [1.82, 2.24) is 0 Å². The summed E-state index contributed by atoms with van der Waals surface area (Å²) in [6.45, 7) is 19.6. The highest BCUT2D eigenvalue weighted by Gasteiger charge is 1.89. The van der Waals surface area contributed by atoms with Crippen molar-refractivity contribution >= 4 is 0 Å². The average Bonchev–Trinajstić information content (AvgIpc) is 2.84. The molecule has 0 aromatic carbocycles. The second kappa shape index (κ2) is 64.1. The van der Waals surface area contributed by atoms with Gasteiger partial charge in [-0.1, -0.05) is 163 Å². The Morgan fingerprint density at radius 2 is 0.861 bits per heavy atom. The Hall–Kier alpha value is -1.34. The highest BCUT2D eigenvalue weighted by atomic mass is 16.2. The topological polar surface area (TPSA) is 20.2 Å². The van der Waals surface area contributed by atoms with E-state index in [1.165, 1.54) is 89.9 Å². The monoisotopic (exact) mass is 511 g/mol. The Balaban J connectivity index is -0.0000000630. The second-order valence-electron chi connectivity index (χ2n) is 8.14. The summed E-state index contributed by atoms with van der Waals surface area (Å²) in [5, 5.41) is 8.51. The fourth-order valence-corrected chi connectivity index (χ4v) is 2.71. The lowest BCUT2D eigenvalue weighted by Gasteiger charge is -1.98. The number of aliphatic hydroxyl groups is 1. The van der Waals surface area contributed by atoms with Crippen molar-refractivity contribution in [2.45, 2.75) is 159 Å². The molecule has 0 saturated carbocycles. The minimum absolute atomic E-state index is 0. The van der Waals surface area contributed by atoms with Crippen LogP contribution in [0.5, 0.6) is 0 Å². The Bertz CT molecular complexity index is 364. The fraction of sp³-hybridized carbons (Fsp3) is 0.714. The van der Waals surface area contributed by atoms with Gasteiger partial charge in [-0.3, -0.25) is 0 Å². The largest absolute Gasteiger partial charge is 0.396 e. The molecule has 0 heterocycles. The Kier molecular flexibility index (Phi) is 91.4.